The van der Waals surface area contributed by atoms with Gasteiger partial charge in [0.2, 0.25) is 15.9 Å². The van der Waals surface area contributed by atoms with Crippen LogP contribution < -0.4 is 10.1 Å². The number of anilines is 1. The fourth-order valence-electron chi connectivity index (χ4n) is 4.08. The number of hydrogen-bond acceptors (Lipinski definition) is 5. The van der Waals surface area contributed by atoms with Gasteiger partial charge >= 0.3 is 0 Å². The normalized spacial score (nSPS) is 17.9. The lowest BCUT2D eigenvalue weighted by Crippen LogP contribution is -2.43. The number of sulfonamides is 1. The number of carbonyl (C=O) groups excluding carboxylic acids is 2. The van der Waals surface area contributed by atoms with Crippen molar-refractivity contribution < 1.29 is 22.7 Å². The first kappa shape index (κ1) is 22.3. The first-order valence-electron chi connectivity index (χ1n) is 10.6. The Morgan fingerprint density at radius 3 is 2.69 bits per heavy atom. The van der Waals surface area contributed by atoms with Gasteiger partial charge in [-0.15, -0.1) is 0 Å². The second-order valence-electron chi connectivity index (χ2n) is 8.21. The van der Waals surface area contributed by atoms with Crippen molar-refractivity contribution in [1.29, 1.82) is 0 Å². The summed E-state index contributed by atoms with van der Waals surface area (Å²) in [5, 5.41) is 2.76. The molecule has 32 heavy (non-hydrogen) atoms. The Bertz CT molecular complexity index is 1180. The first-order valence-corrected chi connectivity index (χ1v) is 12.1. The monoisotopic (exact) mass is 457 g/mol. The van der Waals surface area contributed by atoms with Crippen LogP contribution in [0.2, 0.25) is 0 Å². The fourth-order valence-corrected chi connectivity index (χ4v) is 5.42. The number of benzene rings is 2. The topological polar surface area (TPSA) is 96.0 Å². The Hall–Kier alpha value is -2.91. The van der Waals surface area contributed by atoms with Crippen LogP contribution in [0, 0.1) is 6.92 Å². The lowest BCUT2D eigenvalue weighted by Gasteiger charge is -2.30. The molecule has 0 spiro atoms. The van der Waals surface area contributed by atoms with E-state index in [0.717, 1.165) is 16.3 Å². The molecule has 2 aromatic rings. The minimum Gasteiger partial charge on any atom is -0.478 e. The lowest BCUT2D eigenvalue weighted by molar-refractivity contribution is -0.132. The predicted molar refractivity (Wildman–Crippen MR) is 120 cm³/mol. The Balaban J connectivity index is 1.52. The third kappa shape index (κ3) is 4.10. The second kappa shape index (κ2) is 8.55. The summed E-state index contributed by atoms with van der Waals surface area (Å²) in [6.45, 7) is 4.26. The molecule has 0 unspecified atom stereocenters. The number of nitrogens with zero attached hydrogens (tertiary/aromatic N) is 2. The zero-order valence-electron chi connectivity index (χ0n) is 18.4. The fraction of sp³-hybridized carbons (Fsp3) is 0.391. The van der Waals surface area contributed by atoms with Gasteiger partial charge in [-0.2, -0.15) is 4.31 Å². The highest BCUT2D eigenvalue weighted by molar-refractivity contribution is 7.89. The van der Waals surface area contributed by atoms with Crippen molar-refractivity contribution in [2.45, 2.75) is 44.2 Å². The maximum Gasteiger partial charge on any atom is 0.265 e. The molecule has 2 aliphatic heterocycles. The van der Waals surface area contributed by atoms with Crippen LogP contribution in [0.1, 0.15) is 30.0 Å². The van der Waals surface area contributed by atoms with E-state index < -0.39 is 16.1 Å². The van der Waals surface area contributed by atoms with Crippen molar-refractivity contribution >= 4 is 27.5 Å². The molecule has 1 N–H and O–H groups in total. The molecule has 4 rings (SSSR count). The summed E-state index contributed by atoms with van der Waals surface area (Å²) in [5.74, 6) is -0.176. The molecule has 8 nitrogen and oxygen atoms in total. The van der Waals surface area contributed by atoms with Crippen LogP contribution in [0.15, 0.2) is 41.3 Å². The van der Waals surface area contributed by atoms with Gasteiger partial charge in [0.05, 0.1) is 17.1 Å². The van der Waals surface area contributed by atoms with E-state index in [2.05, 4.69) is 11.4 Å². The highest BCUT2D eigenvalue weighted by Crippen LogP contribution is 2.35. The van der Waals surface area contributed by atoms with Crippen LogP contribution in [-0.2, 0) is 32.6 Å². The van der Waals surface area contributed by atoms with E-state index in [-0.39, 0.29) is 23.3 Å². The van der Waals surface area contributed by atoms with Gasteiger partial charge in [0.25, 0.3) is 5.91 Å². The zero-order valence-corrected chi connectivity index (χ0v) is 19.2. The van der Waals surface area contributed by atoms with Gasteiger partial charge in [0.1, 0.15) is 5.75 Å². The molecule has 0 bridgehead atoms. The predicted octanol–water partition coefficient (Wildman–Crippen LogP) is 2.31. The molecule has 9 heteroatoms. The third-order valence-electron chi connectivity index (χ3n) is 6.00. The molecule has 0 saturated heterocycles. The summed E-state index contributed by atoms with van der Waals surface area (Å²) in [5.41, 5.74) is 3.23. The quantitative estimate of drug-likeness (QED) is 0.743. The lowest BCUT2D eigenvalue weighted by atomic mass is 10.00. The largest absolute Gasteiger partial charge is 0.478 e. The number of fused-ring (bicyclic) bond motifs is 2. The highest BCUT2D eigenvalue weighted by atomic mass is 32.2. The van der Waals surface area contributed by atoms with Gasteiger partial charge in [0, 0.05) is 26.2 Å². The minimum atomic E-state index is -3.94. The van der Waals surface area contributed by atoms with Gasteiger partial charge in [-0.1, -0.05) is 31.2 Å². The van der Waals surface area contributed by atoms with Gasteiger partial charge in [-0.05, 0) is 42.5 Å². The van der Waals surface area contributed by atoms with Crippen molar-refractivity contribution in [3.63, 3.8) is 0 Å². The number of likely N-dealkylation sites (N-methyl/N-ethyl adjacent to an activating group) is 1. The van der Waals surface area contributed by atoms with Crippen molar-refractivity contribution in [3.05, 3.63) is 53.1 Å². The molecule has 2 aromatic carbocycles. The van der Waals surface area contributed by atoms with Crippen LogP contribution in [0.25, 0.3) is 0 Å². The highest BCUT2D eigenvalue weighted by Gasteiger charge is 2.32. The minimum absolute atomic E-state index is 0.0570. The van der Waals surface area contributed by atoms with Gasteiger partial charge in [-0.25, -0.2) is 8.42 Å². The van der Waals surface area contributed by atoms with E-state index in [0.29, 0.717) is 36.5 Å². The van der Waals surface area contributed by atoms with Crippen molar-refractivity contribution in [2.24, 2.45) is 0 Å². The molecule has 0 saturated carbocycles. The molecule has 2 heterocycles. The second-order valence-corrected chi connectivity index (χ2v) is 10.2. The molecule has 0 aromatic heterocycles. The summed E-state index contributed by atoms with van der Waals surface area (Å²) in [4.78, 5) is 26.7. The van der Waals surface area contributed by atoms with E-state index in [1.807, 2.05) is 25.1 Å². The molecule has 0 aliphatic carbocycles. The Labute approximate surface area is 188 Å². The number of aryl methyl sites for hydroxylation is 1. The average Bonchev–Trinajstić information content (AvgIpc) is 2.77. The van der Waals surface area contributed by atoms with E-state index >= 15 is 0 Å². The van der Waals surface area contributed by atoms with Crippen LogP contribution >= 0.6 is 0 Å². The molecular formula is C23H27N3O5S. The maximum atomic E-state index is 13.3. The summed E-state index contributed by atoms with van der Waals surface area (Å²) < 4.78 is 33.3. The summed E-state index contributed by atoms with van der Waals surface area (Å²) in [6.07, 6.45) is 0.556. The van der Waals surface area contributed by atoms with E-state index in [1.165, 1.54) is 18.7 Å². The summed E-state index contributed by atoms with van der Waals surface area (Å²) in [7, 11) is -2.54. The molecular weight excluding hydrogens is 430 g/mol. The Morgan fingerprint density at radius 2 is 1.97 bits per heavy atom. The SMILES string of the molecule is CC[C@@H]1Oc2cc(S(=O)(=O)N(C)CC(=O)N3CCc4ccccc4C3)c(C)cc2NC1=O. The van der Waals surface area contributed by atoms with Gasteiger partial charge in [0.15, 0.2) is 6.10 Å². The Morgan fingerprint density at radius 1 is 1.25 bits per heavy atom. The first-order chi connectivity index (χ1) is 15.2. The van der Waals surface area contributed by atoms with E-state index in [9.17, 15) is 18.0 Å². The molecule has 170 valence electrons. The maximum absolute atomic E-state index is 13.3. The van der Waals surface area contributed by atoms with Gasteiger partial charge in [-0.3, -0.25) is 9.59 Å². The number of ether oxygens (including phenoxy) is 1. The van der Waals surface area contributed by atoms with Crippen LogP contribution in [0.5, 0.6) is 5.75 Å². The molecule has 2 amide bonds. The third-order valence-corrected chi connectivity index (χ3v) is 7.94. The average molecular weight is 458 g/mol. The molecule has 0 fully saturated rings. The number of amides is 2. The van der Waals surface area contributed by atoms with Crippen molar-refractivity contribution in [1.82, 2.24) is 9.21 Å². The van der Waals surface area contributed by atoms with Crippen LogP contribution in [-0.4, -0.2) is 55.7 Å². The molecule has 1 atom stereocenters. The van der Waals surface area contributed by atoms with Crippen molar-refractivity contribution in [3.8, 4) is 5.75 Å². The van der Waals surface area contributed by atoms with Crippen LogP contribution in [0.4, 0.5) is 5.69 Å². The number of hydrogen-bond donors (Lipinski definition) is 1. The number of carbonyl (C=O) groups is 2. The number of nitrogens with one attached hydrogen (secondary N) is 1. The van der Waals surface area contributed by atoms with Gasteiger partial charge < -0.3 is 15.0 Å². The van der Waals surface area contributed by atoms with Crippen LogP contribution in [0.3, 0.4) is 0 Å². The standard InChI is InChI=1S/C23H27N3O5S/c1-4-19-23(28)24-18-11-15(2)21(12-20(18)31-19)32(29,30)25(3)14-22(27)26-10-9-16-7-5-6-8-17(16)13-26/h5-8,11-12,19H,4,9-10,13-14H2,1-3H3,(H,24,28)/t19-/m0/s1. The smallest absolute Gasteiger partial charge is 0.265 e. The van der Waals surface area contributed by atoms with E-state index in [1.54, 1.807) is 17.9 Å². The molecule has 2 aliphatic rings. The zero-order chi connectivity index (χ0) is 23.0. The van der Waals surface area contributed by atoms with Crippen molar-refractivity contribution in [2.75, 3.05) is 25.5 Å². The van der Waals surface area contributed by atoms with E-state index in [4.69, 9.17) is 4.74 Å². The Kier molecular flexibility index (Phi) is 5.96. The summed E-state index contributed by atoms with van der Waals surface area (Å²) in [6, 6.07) is 11.0. The number of rotatable bonds is 5. The molecule has 0 radical (unpaired) electrons. The summed E-state index contributed by atoms with van der Waals surface area (Å²) >= 11 is 0.